The lowest BCUT2D eigenvalue weighted by molar-refractivity contribution is -0.149. The van der Waals surface area contributed by atoms with Crippen LogP contribution in [0.1, 0.15) is 143 Å². The molecule has 0 aromatic carbocycles. The van der Waals surface area contributed by atoms with Crippen molar-refractivity contribution in [3.8, 4) is 0 Å². The van der Waals surface area contributed by atoms with Crippen LogP contribution in [-0.2, 0) is 28.5 Å². The lowest BCUT2D eigenvalue weighted by Gasteiger charge is -2.16. The molecule has 40 heavy (non-hydrogen) atoms. The quantitative estimate of drug-likeness (QED) is 0.0578. The van der Waals surface area contributed by atoms with E-state index in [0.717, 1.165) is 38.7 Å². The van der Waals surface area contributed by atoms with Gasteiger partial charge in [-0.15, -0.1) is 0 Å². The molecule has 0 spiro atoms. The number of carbonyl (C=O) groups excluding carboxylic acids is 1. The van der Waals surface area contributed by atoms with Crippen LogP contribution >= 0.6 is 0 Å². The van der Waals surface area contributed by atoms with Gasteiger partial charge in [0, 0.05) is 13.2 Å². The standard InChI is InChI=1S/C34H68O6/c1-5-9-12-14-15-16-17-19-23-40-34(35)33(21-18-13-10-6-2)22-24-36-25-26-37-27-28-38-29-30-39-31-32(8-4)20-11-7-3/h32-33H,5-31H2,1-4H3. The van der Waals surface area contributed by atoms with Crippen LogP contribution in [0, 0.1) is 11.8 Å². The summed E-state index contributed by atoms with van der Waals surface area (Å²) in [4.78, 5) is 12.7. The molecule has 2 atom stereocenters. The van der Waals surface area contributed by atoms with Gasteiger partial charge in [-0.1, -0.05) is 118 Å². The maximum atomic E-state index is 12.7. The predicted molar refractivity (Wildman–Crippen MR) is 167 cm³/mol. The molecule has 0 rings (SSSR count). The minimum atomic E-state index is -0.0540. The number of hydrogen-bond donors (Lipinski definition) is 0. The van der Waals surface area contributed by atoms with Crippen LogP contribution in [0.3, 0.4) is 0 Å². The van der Waals surface area contributed by atoms with Crippen molar-refractivity contribution in [2.45, 2.75) is 143 Å². The zero-order chi connectivity index (χ0) is 29.4. The van der Waals surface area contributed by atoms with Crippen LogP contribution < -0.4 is 0 Å². The zero-order valence-electron chi connectivity index (χ0n) is 27.2. The van der Waals surface area contributed by atoms with Gasteiger partial charge < -0.3 is 23.7 Å². The molecule has 0 bridgehead atoms. The lowest BCUT2D eigenvalue weighted by Crippen LogP contribution is -2.21. The van der Waals surface area contributed by atoms with Crippen molar-refractivity contribution in [2.75, 3.05) is 59.5 Å². The average molecular weight is 573 g/mol. The number of rotatable bonds is 33. The van der Waals surface area contributed by atoms with Gasteiger partial charge in [0.2, 0.25) is 0 Å². The van der Waals surface area contributed by atoms with E-state index in [4.69, 9.17) is 23.7 Å². The maximum Gasteiger partial charge on any atom is 0.309 e. The highest BCUT2D eigenvalue weighted by Gasteiger charge is 2.19. The molecule has 0 saturated heterocycles. The molecule has 0 aliphatic carbocycles. The first-order valence-electron chi connectivity index (χ1n) is 17.2. The van der Waals surface area contributed by atoms with Gasteiger partial charge in [-0.3, -0.25) is 4.79 Å². The van der Waals surface area contributed by atoms with Gasteiger partial charge in [0.15, 0.2) is 0 Å². The van der Waals surface area contributed by atoms with E-state index in [2.05, 4.69) is 27.7 Å². The first-order chi connectivity index (χ1) is 19.7. The van der Waals surface area contributed by atoms with Gasteiger partial charge in [-0.25, -0.2) is 0 Å². The Balaban J connectivity index is 3.82. The summed E-state index contributed by atoms with van der Waals surface area (Å²) in [6, 6.07) is 0. The van der Waals surface area contributed by atoms with E-state index >= 15 is 0 Å². The third-order valence-corrected chi connectivity index (χ3v) is 7.61. The van der Waals surface area contributed by atoms with Gasteiger partial charge in [0.05, 0.1) is 52.2 Å². The third kappa shape index (κ3) is 27.5. The van der Waals surface area contributed by atoms with E-state index in [1.54, 1.807) is 0 Å². The van der Waals surface area contributed by atoms with Crippen molar-refractivity contribution < 1.29 is 28.5 Å². The molecular weight excluding hydrogens is 504 g/mol. The molecule has 0 amide bonds. The van der Waals surface area contributed by atoms with Crippen molar-refractivity contribution in [2.24, 2.45) is 11.8 Å². The van der Waals surface area contributed by atoms with Crippen molar-refractivity contribution >= 4 is 5.97 Å². The zero-order valence-corrected chi connectivity index (χ0v) is 27.2. The fourth-order valence-corrected chi connectivity index (χ4v) is 4.76. The molecule has 0 fully saturated rings. The fraction of sp³-hybridized carbons (Fsp3) is 0.971. The smallest absolute Gasteiger partial charge is 0.309 e. The topological polar surface area (TPSA) is 63.2 Å². The summed E-state index contributed by atoms with van der Waals surface area (Å²) in [6.45, 7) is 14.4. The molecule has 240 valence electrons. The first kappa shape index (κ1) is 39.3. The second-order valence-electron chi connectivity index (χ2n) is 11.3. The minimum Gasteiger partial charge on any atom is -0.465 e. The predicted octanol–water partition coefficient (Wildman–Crippen LogP) is 8.93. The van der Waals surface area contributed by atoms with Crippen molar-refractivity contribution in [3.05, 3.63) is 0 Å². The number of carbonyl (C=O) groups is 1. The largest absolute Gasteiger partial charge is 0.465 e. The fourth-order valence-electron chi connectivity index (χ4n) is 4.76. The van der Waals surface area contributed by atoms with E-state index < -0.39 is 0 Å². The molecule has 0 N–H and O–H groups in total. The molecule has 0 aliphatic heterocycles. The van der Waals surface area contributed by atoms with Crippen LogP contribution in [-0.4, -0.2) is 65.4 Å². The Kier molecular flexibility index (Phi) is 32.3. The molecule has 0 aliphatic rings. The van der Waals surface area contributed by atoms with Gasteiger partial charge in [-0.2, -0.15) is 0 Å². The SMILES string of the molecule is CCCCCCCCCCOC(=O)C(CCCCCC)CCOCCOCCOCCOCC(CC)CCCC. The van der Waals surface area contributed by atoms with Gasteiger partial charge in [0.1, 0.15) is 0 Å². The Morgan fingerprint density at radius 1 is 0.475 bits per heavy atom. The Bertz CT molecular complexity index is 501. The lowest BCUT2D eigenvalue weighted by atomic mass is 9.98. The van der Waals surface area contributed by atoms with Gasteiger partial charge in [0.25, 0.3) is 0 Å². The molecule has 0 aromatic rings. The van der Waals surface area contributed by atoms with E-state index in [9.17, 15) is 4.79 Å². The third-order valence-electron chi connectivity index (χ3n) is 7.61. The Hall–Kier alpha value is -0.690. The van der Waals surface area contributed by atoms with E-state index in [1.807, 2.05) is 0 Å². The van der Waals surface area contributed by atoms with Gasteiger partial charge in [-0.05, 0) is 31.6 Å². The Labute approximate surface area is 249 Å². The van der Waals surface area contributed by atoms with Crippen LogP contribution in [0.5, 0.6) is 0 Å². The monoisotopic (exact) mass is 573 g/mol. The van der Waals surface area contributed by atoms with Gasteiger partial charge >= 0.3 is 5.97 Å². The van der Waals surface area contributed by atoms with Crippen LogP contribution in [0.2, 0.25) is 0 Å². The Morgan fingerprint density at radius 2 is 0.975 bits per heavy atom. The first-order valence-corrected chi connectivity index (χ1v) is 17.2. The average Bonchev–Trinajstić information content (AvgIpc) is 2.97. The summed E-state index contributed by atoms with van der Waals surface area (Å²) >= 11 is 0. The van der Waals surface area contributed by atoms with Crippen molar-refractivity contribution in [1.82, 2.24) is 0 Å². The van der Waals surface area contributed by atoms with E-state index in [1.165, 1.54) is 83.5 Å². The highest BCUT2D eigenvalue weighted by molar-refractivity contribution is 5.72. The highest BCUT2D eigenvalue weighted by Crippen LogP contribution is 2.17. The van der Waals surface area contributed by atoms with Crippen LogP contribution in [0.4, 0.5) is 0 Å². The number of esters is 1. The Morgan fingerprint density at radius 3 is 1.55 bits per heavy atom. The second-order valence-corrected chi connectivity index (χ2v) is 11.3. The van der Waals surface area contributed by atoms with E-state index in [-0.39, 0.29) is 11.9 Å². The normalized spacial score (nSPS) is 13.0. The summed E-state index contributed by atoms with van der Waals surface area (Å²) < 4.78 is 28.4. The molecular formula is C34H68O6. The molecule has 2 unspecified atom stereocenters. The summed E-state index contributed by atoms with van der Waals surface area (Å²) in [5.41, 5.74) is 0. The van der Waals surface area contributed by atoms with Crippen LogP contribution in [0.15, 0.2) is 0 Å². The van der Waals surface area contributed by atoms with Crippen molar-refractivity contribution in [1.29, 1.82) is 0 Å². The minimum absolute atomic E-state index is 0.0356. The molecule has 6 heteroatoms. The maximum absolute atomic E-state index is 12.7. The number of unbranched alkanes of at least 4 members (excludes halogenated alkanes) is 11. The van der Waals surface area contributed by atoms with E-state index in [0.29, 0.717) is 58.8 Å². The van der Waals surface area contributed by atoms with Crippen molar-refractivity contribution in [3.63, 3.8) is 0 Å². The highest BCUT2D eigenvalue weighted by atomic mass is 16.6. The molecule has 0 radical (unpaired) electrons. The summed E-state index contributed by atoms with van der Waals surface area (Å²) in [6.07, 6.45) is 21.3. The molecule has 0 aromatic heterocycles. The summed E-state index contributed by atoms with van der Waals surface area (Å²) in [5.74, 6) is 0.582. The molecule has 0 heterocycles. The second kappa shape index (κ2) is 32.8. The number of ether oxygens (including phenoxy) is 5. The van der Waals surface area contributed by atoms with Crippen LogP contribution in [0.25, 0.3) is 0 Å². The summed E-state index contributed by atoms with van der Waals surface area (Å²) in [7, 11) is 0. The number of hydrogen-bond acceptors (Lipinski definition) is 6. The molecule has 0 saturated carbocycles. The summed E-state index contributed by atoms with van der Waals surface area (Å²) in [5, 5.41) is 0. The molecule has 6 nitrogen and oxygen atoms in total.